The largest absolute Gasteiger partial charge is 0.338 e. The Morgan fingerprint density at radius 1 is 1.12 bits per heavy atom. The molecule has 0 aromatic carbocycles. The first-order chi connectivity index (χ1) is 7.81. The van der Waals surface area contributed by atoms with Crippen molar-refractivity contribution in [2.45, 2.75) is 51.0 Å². The van der Waals surface area contributed by atoms with Crippen LogP contribution in [0.4, 0.5) is 4.79 Å². The summed E-state index contributed by atoms with van der Waals surface area (Å²) in [4.78, 5) is 11.6. The second-order valence-electron chi connectivity index (χ2n) is 5.92. The topological polar surface area (TPSA) is 41.1 Å². The van der Waals surface area contributed by atoms with Gasteiger partial charge in [0.2, 0.25) is 0 Å². The molecule has 3 unspecified atom stereocenters. The predicted octanol–water partition coefficient (Wildman–Crippen LogP) is 2.27. The molecular weight excluding hydrogens is 200 g/mol. The molecule has 3 aliphatic carbocycles. The number of urea groups is 1. The molecule has 3 heteroatoms. The lowest BCUT2D eigenvalue weighted by Gasteiger charge is -2.27. The van der Waals surface area contributed by atoms with Gasteiger partial charge in [-0.05, 0) is 56.3 Å². The summed E-state index contributed by atoms with van der Waals surface area (Å²) in [5.74, 6) is 2.66. The van der Waals surface area contributed by atoms with E-state index in [-0.39, 0.29) is 6.03 Å². The second-order valence-corrected chi connectivity index (χ2v) is 5.92. The molecule has 3 nitrogen and oxygen atoms in total. The summed E-state index contributed by atoms with van der Waals surface area (Å²) >= 11 is 0. The summed E-state index contributed by atoms with van der Waals surface area (Å²) in [5.41, 5.74) is 0. The highest BCUT2D eigenvalue weighted by Crippen LogP contribution is 2.47. The third-order valence-electron chi connectivity index (χ3n) is 4.85. The molecule has 0 radical (unpaired) electrons. The van der Waals surface area contributed by atoms with Crippen molar-refractivity contribution in [2.24, 2.45) is 17.8 Å². The van der Waals surface area contributed by atoms with E-state index in [1.54, 1.807) is 0 Å². The predicted molar refractivity (Wildman–Crippen MR) is 63.1 cm³/mol. The molecule has 2 bridgehead atoms. The van der Waals surface area contributed by atoms with E-state index < -0.39 is 0 Å². The van der Waals surface area contributed by atoms with Crippen LogP contribution in [0.3, 0.4) is 0 Å². The molecule has 3 fully saturated rings. The smallest absolute Gasteiger partial charge is 0.315 e. The maximum absolute atomic E-state index is 11.6. The summed E-state index contributed by atoms with van der Waals surface area (Å²) < 4.78 is 0. The molecule has 0 heterocycles. The Morgan fingerprint density at radius 3 is 2.56 bits per heavy atom. The van der Waals surface area contributed by atoms with Crippen LogP contribution in [0, 0.1) is 17.8 Å². The van der Waals surface area contributed by atoms with E-state index >= 15 is 0 Å². The maximum atomic E-state index is 11.6. The molecule has 3 saturated carbocycles. The van der Waals surface area contributed by atoms with Crippen LogP contribution >= 0.6 is 0 Å². The lowest BCUT2D eigenvalue weighted by Crippen LogP contribution is -2.46. The van der Waals surface area contributed by atoms with Crippen LogP contribution in [-0.2, 0) is 0 Å². The van der Waals surface area contributed by atoms with Gasteiger partial charge in [-0.3, -0.25) is 0 Å². The zero-order valence-electron chi connectivity index (χ0n) is 9.87. The van der Waals surface area contributed by atoms with E-state index in [1.165, 1.54) is 44.9 Å². The van der Waals surface area contributed by atoms with Gasteiger partial charge in [-0.1, -0.05) is 6.42 Å². The Balaban J connectivity index is 1.37. The lowest BCUT2D eigenvalue weighted by molar-refractivity contribution is 0.223. The summed E-state index contributed by atoms with van der Waals surface area (Å²) in [6.07, 6.45) is 9.24. The SMILES string of the molecule is O=C(NCC1CC2CCC1C2)NC1CCC1. The highest BCUT2D eigenvalue weighted by atomic mass is 16.2. The number of amides is 2. The molecule has 2 amide bonds. The molecule has 3 rings (SSSR count). The minimum absolute atomic E-state index is 0.0625. The molecule has 0 spiro atoms. The molecule has 3 atom stereocenters. The molecule has 0 aromatic heterocycles. The standard InChI is InChI=1S/C13H22N2O/c16-13(15-12-2-1-3-12)14-8-11-7-9-4-5-10(11)6-9/h9-12H,1-8H2,(H2,14,15,16). The number of nitrogens with one attached hydrogen (secondary N) is 2. The normalized spacial score (nSPS) is 37.1. The zero-order valence-corrected chi connectivity index (χ0v) is 9.87. The number of rotatable bonds is 3. The van der Waals surface area contributed by atoms with Crippen molar-refractivity contribution in [3.8, 4) is 0 Å². The molecule has 90 valence electrons. The van der Waals surface area contributed by atoms with Crippen molar-refractivity contribution >= 4 is 6.03 Å². The molecular formula is C13H22N2O. The Labute approximate surface area is 97.4 Å². The first-order valence-electron chi connectivity index (χ1n) is 6.85. The van der Waals surface area contributed by atoms with E-state index in [1.807, 2.05) is 0 Å². The van der Waals surface area contributed by atoms with E-state index in [0.29, 0.717) is 6.04 Å². The fourth-order valence-electron chi connectivity index (χ4n) is 3.64. The van der Waals surface area contributed by atoms with E-state index in [2.05, 4.69) is 10.6 Å². The highest BCUT2D eigenvalue weighted by molar-refractivity contribution is 5.74. The number of hydrogen-bond acceptors (Lipinski definition) is 1. The van der Waals surface area contributed by atoms with Crippen molar-refractivity contribution in [1.82, 2.24) is 10.6 Å². The van der Waals surface area contributed by atoms with Gasteiger partial charge in [-0.2, -0.15) is 0 Å². The van der Waals surface area contributed by atoms with Gasteiger partial charge in [0.05, 0.1) is 0 Å². The van der Waals surface area contributed by atoms with Crippen LogP contribution in [0.5, 0.6) is 0 Å². The zero-order chi connectivity index (χ0) is 11.0. The summed E-state index contributed by atoms with van der Waals surface area (Å²) in [5, 5.41) is 6.09. The van der Waals surface area contributed by atoms with Crippen LogP contribution < -0.4 is 10.6 Å². The number of fused-ring (bicyclic) bond motifs is 2. The number of carbonyl (C=O) groups is 1. The van der Waals surface area contributed by atoms with Gasteiger partial charge in [0.25, 0.3) is 0 Å². The summed E-state index contributed by atoms with van der Waals surface area (Å²) in [6, 6.07) is 0.521. The van der Waals surface area contributed by atoms with Gasteiger partial charge >= 0.3 is 6.03 Å². The molecule has 0 aliphatic heterocycles. The third kappa shape index (κ3) is 2.04. The van der Waals surface area contributed by atoms with Gasteiger partial charge in [-0.15, -0.1) is 0 Å². The summed E-state index contributed by atoms with van der Waals surface area (Å²) in [7, 11) is 0. The second kappa shape index (κ2) is 4.27. The van der Waals surface area contributed by atoms with Crippen LogP contribution in [0.1, 0.15) is 44.9 Å². The molecule has 0 aromatic rings. The average molecular weight is 222 g/mol. The minimum Gasteiger partial charge on any atom is -0.338 e. The van der Waals surface area contributed by atoms with Gasteiger partial charge in [0.1, 0.15) is 0 Å². The van der Waals surface area contributed by atoms with Crippen LogP contribution in [0.2, 0.25) is 0 Å². The van der Waals surface area contributed by atoms with Gasteiger partial charge in [-0.25, -0.2) is 4.79 Å². The number of carbonyl (C=O) groups excluding carboxylic acids is 1. The molecule has 16 heavy (non-hydrogen) atoms. The van der Waals surface area contributed by atoms with Gasteiger partial charge < -0.3 is 10.6 Å². The maximum Gasteiger partial charge on any atom is 0.315 e. The number of hydrogen-bond donors (Lipinski definition) is 2. The van der Waals surface area contributed by atoms with Crippen molar-refractivity contribution < 1.29 is 4.79 Å². The van der Waals surface area contributed by atoms with Crippen molar-refractivity contribution in [3.05, 3.63) is 0 Å². The van der Waals surface area contributed by atoms with Crippen LogP contribution in [-0.4, -0.2) is 18.6 Å². The average Bonchev–Trinajstić information content (AvgIpc) is 2.82. The Bertz CT molecular complexity index is 275. The lowest BCUT2D eigenvalue weighted by atomic mass is 9.89. The Hall–Kier alpha value is -0.730. The van der Waals surface area contributed by atoms with E-state index in [4.69, 9.17) is 0 Å². The van der Waals surface area contributed by atoms with Gasteiger partial charge in [0, 0.05) is 12.6 Å². The van der Waals surface area contributed by atoms with E-state index in [9.17, 15) is 4.79 Å². The fraction of sp³-hybridized carbons (Fsp3) is 0.923. The molecule has 0 saturated heterocycles. The fourth-order valence-corrected chi connectivity index (χ4v) is 3.64. The Morgan fingerprint density at radius 2 is 2.00 bits per heavy atom. The van der Waals surface area contributed by atoms with Crippen LogP contribution in [0.15, 0.2) is 0 Å². The monoisotopic (exact) mass is 222 g/mol. The first-order valence-corrected chi connectivity index (χ1v) is 6.85. The quantitative estimate of drug-likeness (QED) is 0.755. The highest BCUT2D eigenvalue weighted by Gasteiger charge is 2.39. The molecule has 2 N–H and O–H groups in total. The van der Waals surface area contributed by atoms with Crippen molar-refractivity contribution in [1.29, 1.82) is 0 Å². The third-order valence-corrected chi connectivity index (χ3v) is 4.85. The minimum atomic E-state index is 0.0625. The van der Waals surface area contributed by atoms with Crippen molar-refractivity contribution in [2.75, 3.05) is 6.54 Å². The van der Waals surface area contributed by atoms with Gasteiger partial charge in [0.15, 0.2) is 0 Å². The summed E-state index contributed by atoms with van der Waals surface area (Å²) in [6.45, 7) is 0.902. The van der Waals surface area contributed by atoms with E-state index in [0.717, 1.165) is 24.3 Å². The Kier molecular flexibility index (Phi) is 2.78. The first kappa shape index (κ1) is 10.4. The molecule has 3 aliphatic rings. The van der Waals surface area contributed by atoms with Crippen molar-refractivity contribution in [3.63, 3.8) is 0 Å². The van der Waals surface area contributed by atoms with Crippen LogP contribution in [0.25, 0.3) is 0 Å².